The fourth-order valence-electron chi connectivity index (χ4n) is 6.59. The Morgan fingerprint density at radius 1 is 0.413 bits per heavy atom. The SMILES string of the molecule is Cc1cc2ccccc2cc1-c1ccccc1-c1nc(-c2ccc3ccccc3c2)nc(-c2cccc3sc4ccccc4c23)n1. The van der Waals surface area contributed by atoms with E-state index in [-0.39, 0.29) is 0 Å². The van der Waals surface area contributed by atoms with E-state index < -0.39 is 0 Å². The lowest BCUT2D eigenvalue weighted by Crippen LogP contribution is -2.01. The van der Waals surface area contributed by atoms with E-state index in [9.17, 15) is 0 Å². The van der Waals surface area contributed by atoms with E-state index in [0.29, 0.717) is 17.5 Å². The van der Waals surface area contributed by atoms with Gasteiger partial charge in [-0.15, -0.1) is 11.3 Å². The molecule has 0 spiro atoms. The van der Waals surface area contributed by atoms with E-state index in [1.807, 2.05) is 0 Å². The molecule has 2 aromatic heterocycles. The number of hydrogen-bond acceptors (Lipinski definition) is 4. The molecule has 0 aliphatic carbocycles. The predicted octanol–water partition coefficient (Wildman–Crippen LogP) is 11.5. The Hall–Kier alpha value is -5.71. The molecule has 9 rings (SSSR count). The molecular formula is C42H27N3S. The average Bonchev–Trinajstić information content (AvgIpc) is 3.50. The van der Waals surface area contributed by atoms with Gasteiger partial charge in [-0.3, -0.25) is 0 Å². The third-order valence-corrected chi connectivity index (χ3v) is 9.97. The predicted molar refractivity (Wildman–Crippen MR) is 194 cm³/mol. The monoisotopic (exact) mass is 605 g/mol. The molecule has 0 N–H and O–H groups in total. The van der Waals surface area contributed by atoms with Crippen LogP contribution in [-0.2, 0) is 0 Å². The van der Waals surface area contributed by atoms with Crippen molar-refractivity contribution in [1.82, 2.24) is 15.0 Å². The summed E-state index contributed by atoms with van der Waals surface area (Å²) in [5.74, 6) is 1.99. The second-order valence-corrected chi connectivity index (χ2v) is 12.8. The Kier molecular flexibility index (Phi) is 6.22. The zero-order valence-electron chi connectivity index (χ0n) is 25.1. The van der Waals surface area contributed by atoms with Gasteiger partial charge < -0.3 is 0 Å². The number of rotatable bonds is 4. The maximum atomic E-state index is 5.26. The molecule has 46 heavy (non-hydrogen) atoms. The van der Waals surface area contributed by atoms with Crippen molar-refractivity contribution in [2.45, 2.75) is 6.92 Å². The maximum absolute atomic E-state index is 5.26. The zero-order valence-corrected chi connectivity index (χ0v) is 25.9. The molecule has 2 heterocycles. The van der Waals surface area contributed by atoms with Crippen LogP contribution in [0.3, 0.4) is 0 Å². The molecule has 0 amide bonds. The van der Waals surface area contributed by atoms with Gasteiger partial charge in [0.1, 0.15) is 0 Å². The smallest absolute Gasteiger partial charge is 0.164 e. The van der Waals surface area contributed by atoms with Gasteiger partial charge in [-0.2, -0.15) is 0 Å². The first kappa shape index (κ1) is 26.7. The van der Waals surface area contributed by atoms with Gasteiger partial charge in [0, 0.05) is 36.9 Å². The minimum atomic E-state index is 0.660. The standard InChI is InChI=1S/C42H27N3S/c1-26-23-28-12-4-5-14-30(28)25-36(26)32-15-6-7-16-33(32)41-43-40(31-22-21-27-11-2-3-13-29(27)24-31)44-42(45-41)35-18-10-20-38-39(35)34-17-8-9-19-37(34)46-38/h2-25H,1H3. The van der Waals surface area contributed by atoms with Gasteiger partial charge in [-0.25, -0.2) is 15.0 Å². The van der Waals surface area contributed by atoms with Crippen molar-refractivity contribution in [3.05, 3.63) is 151 Å². The molecule has 0 radical (unpaired) electrons. The first-order valence-electron chi connectivity index (χ1n) is 15.4. The van der Waals surface area contributed by atoms with E-state index in [4.69, 9.17) is 15.0 Å². The number of nitrogens with zero attached hydrogens (tertiary/aromatic N) is 3. The lowest BCUT2D eigenvalue weighted by Gasteiger charge is -2.15. The molecule has 7 aromatic carbocycles. The van der Waals surface area contributed by atoms with Crippen LogP contribution in [0.4, 0.5) is 0 Å². The highest BCUT2D eigenvalue weighted by Crippen LogP contribution is 2.41. The Morgan fingerprint density at radius 2 is 1.00 bits per heavy atom. The van der Waals surface area contributed by atoms with Gasteiger partial charge in [0.2, 0.25) is 0 Å². The molecule has 4 heteroatoms. The van der Waals surface area contributed by atoms with Crippen LogP contribution in [0, 0.1) is 6.92 Å². The fourth-order valence-corrected chi connectivity index (χ4v) is 7.72. The quantitative estimate of drug-likeness (QED) is 0.200. The molecule has 216 valence electrons. The fraction of sp³-hybridized carbons (Fsp3) is 0.0238. The van der Waals surface area contributed by atoms with E-state index in [1.54, 1.807) is 11.3 Å². The summed E-state index contributed by atoms with van der Waals surface area (Å²) >= 11 is 1.80. The highest BCUT2D eigenvalue weighted by molar-refractivity contribution is 7.25. The lowest BCUT2D eigenvalue weighted by atomic mass is 9.93. The molecule has 0 saturated carbocycles. The van der Waals surface area contributed by atoms with Crippen molar-refractivity contribution < 1.29 is 0 Å². The van der Waals surface area contributed by atoms with Gasteiger partial charge in [0.05, 0.1) is 0 Å². The summed E-state index contributed by atoms with van der Waals surface area (Å²) in [5.41, 5.74) is 6.45. The van der Waals surface area contributed by atoms with Crippen LogP contribution < -0.4 is 0 Å². The van der Waals surface area contributed by atoms with E-state index >= 15 is 0 Å². The Labute approximate surface area is 270 Å². The van der Waals surface area contributed by atoms with Gasteiger partial charge >= 0.3 is 0 Å². The summed E-state index contributed by atoms with van der Waals surface area (Å²) in [4.78, 5) is 15.6. The molecule has 0 aliphatic rings. The summed E-state index contributed by atoms with van der Waals surface area (Å²) < 4.78 is 2.48. The Balaban J connectivity index is 1.32. The summed E-state index contributed by atoms with van der Waals surface area (Å²) in [5, 5.41) is 7.19. The second kappa shape index (κ2) is 10.7. The maximum Gasteiger partial charge on any atom is 0.164 e. The number of fused-ring (bicyclic) bond motifs is 5. The minimum absolute atomic E-state index is 0.660. The Morgan fingerprint density at radius 3 is 1.83 bits per heavy atom. The number of aromatic nitrogens is 3. The van der Waals surface area contributed by atoms with Crippen molar-refractivity contribution in [3.8, 4) is 45.3 Å². The average molecular weight is 606 g/mol. The second-order valence-electron chi connectivity index (χ2n) is 11.7. The molecule has 0 bridgehead atoms. The first-order valence-corrected chi connectivity index (χ1v) is 16.3. The zero-order chi connectivity index (χ0) is 30.6. The molecule has 0 unspecified atom stereocenters. The Bertz CT molecular complexity index is 2620. The first-order chi connectivity index (χ1) is 22.7. The molecule has 0 atom stereocenters. The summed E-state index contributed by atoms with van der Waals surface area (Å²) in [6.45, 7) is 2.18. The van der Waals surface area contributed by atoms with Gasteiger partial charge in [-0.05, 0) is 69.4 Å². The third-order valence-electron chi connectivity index (χ3n) is 8.84. The molecule has 0 aliphatic heterocycles. The number of hydrogen-bond donors (Lipinski definition) is 0. The lowest BCUT2D eigenvalue weighted by molar-refractivity contribution is 1.08. The normalized spacial score (nSPS) is 11.6. The topological polar surface area (TPSA) is 38.7 Å². The van der Waals surface area contributed by atoms with Crippen molar-refractivity contribution in [2.24, 2.45) is 0 Å². The molecule has 0 fully saturated rings. The molecular weight excluding hydrogens is 579 g/mol. The molecule has 9 aromatic rings. The summed E-state index contributed by atoms with van der Waals surface area (Å²) in [7, 11) is 0. The highest BCUT2D eigenvalue weighted by Gasteiger charge is 2.19. The third kappa shape index (κ3) is 4.46. The van der Waals surface area contributed by atoms with Crippen LogP contribution in [0.1, 0.15) is 5.56 Å². The van der Waals surface area contributed by atoms with Gasteiger partial charge in [0.15, 0.2) is 17.5 Å². The van der Waals surface area contributed by atoms with Crippen LogP contribution in [0.15, 0.2) is 146 Å². The van der Waals surface area contributed by atoms with E-state index in [2.05, 4.69) is 153 Å². The summed E-state index contributed by atoms with van der Waals surface area (Å²) in [6, 6.07) is 51.4. The highest BCUT2D eigenvalue weighted by atomic mass is 32.1. The van der Waals surface area contributed by atoms with Crippen molar-refractivity contribution in [2.75, 3.05) is 0 Å². The molecule has 0 saturated heterocycles. The number of aryl methyl sites for hydroxylation is 1. The minimum Gasteiger partial charge on any atom is -0.208 e. The van der Waals surface area contributed by atoms with Crippen molar-refractivity contribution in [1.29, 1.82) is 0 Å². The van der Waals surface area contributed by atoms with Gasteiger partial charge in [0.25, 0.3) is 0 Å². The van der Waals surface area contributed by atoms with E-state index in [0.717, 1.165) is 27.6 Å². The largest absolute Gasteiger partial charge is 0.208 e. The van der Waals surface area contributed by atoms with Crippen LogP contribution >= 0.6 is 11.3 Å². The molecule has 3 nitrogen and oxygen atoms in total. The number of benzene rings is 7. The van der Waals surface area contributed by atoms with Crippen molar-refractivity contribution in [3.63, 3.8) is 0 Å². The van der Waals surface area contributed by atoms with Crippen LogP contribution in [0.25, 0.3) is 87.0 Å². The number of thiophene rings is 1. The summed E-state index contributed by atoms with van der Waals surface area (Å²) in [6.07, 6.45) is 0. The van der Waals surface area contributed by atoms with E-state index in [1.165, 1.54) is 47.5 Å². The van der Waals surface area contributed by atoms with Crippen LogP contribution in [0.5, 0.6) is 0 Å². The van der Waals surface area contributed by atoms with Crippen molar-refractivity contribution >= 4 is 53.1 Å². The van der Waals surface area contributed by atoms with Crippen LogP contribution in [-0.4, -0.2) is 15.0 Å². The van der Waals surface area contributed by atoms with Crippen LogP contribution in [0.2, 0.25) is 0 Å². The van der Waals surface area contributed by atoms with Gasteiger partial charge in [-0.1, -0.05) is 121 Å².